The maximum absolute atomic E-state index is 11.6. The second-order valence-electron chi connectivity index (χ2n) is 3.87. The van der Waals surface area contributed by atoms with Gasteiger partial charge in [0, 0.05) is 12.5 Å². The van der Waals surface area contributed by atoms with Crippen LogP contribution in [0.3, 0.4) is 0 Å². The summed E-state index contributed by atoms with van der Waals surface area (Å²) in [6.07, 6.45) is 1.30. The van der Waals surface area contributed by atoms with E-state index in [2.05, 4.69) is 10.6 Å². The van der Waals surface area contributed by atoms with Crippen molar-refractivity contribution >= 4 is 17.8 Å². The fourth-order valence-corrected chi connectivity index (χ4v) is 1.62. The molecule has 0 aromatic heterocycles. The number of carboxylic acids is 1. The van der Waals surface area contributed by atoms with Crippen LogP contribution in [0.4, 0.5) is 0 Å². The van der Waals surface area contributed by atoms with Crippen LogP contribution in [0.2, 0.25) is 0 Å². The van der Waals surface area contributed by atoms with E-state index in [1.165, 1.54) is 0 Å². The predicted octanol–water partition coefficient (Wildman–Crippen LogP) is -0.365. The SMILES string of the molecule is CCC(CC(=O)O)NC(=O)[C@@H]1CCC(=O)N1. The Bertz CT molecular complexity index is 303. The standard InChI is InChI=1S/C10H16N2O4/c1-2-6(5-9(14)15)11-10(16)7-3-4-8(13)12-7/h6-7H,2-5H2,1H3,(H,11,16)(H,12,13)(H,14,15)/t6?,7-/m0/s1. The minimum Gasteiger partial charge on any atom is -0.481 e. The first-order valence-electron chi connectivity index (χ1n) is 5.34. The van der Waals surface area contributed by atoms with Crippen LogP contribution in [0.1, 0.15) is 32.6 Å². The second kappa shape index (κ2) is 5.48. The van der Waals surface area contributed by atoms with E-state index in [-0.39, 0.29) is 24.3 Å². The van der Waals surface area contributed by atoms with Gasteiger partial charge in [0.15, 0.2) is 0 Å². The molecule has 3 N–H and O–H groups in total. The first kappa shape index (κ1) is 12.5. The molecule has 1 fully saturated rings. The van der Waals surface area contributed by atoms with E-state index in [4.69, 9.17) is 5.11 Å². The number of hydrogen-bond acceptors (Lipinski definition) is 3. The molecular formula is C10H16N2O4. The summed E-state index contributed by atoms with van der Waals surface area (Å²) < 4.78 is 0. The van der Waals surface area contributed by atoms with Crippen LogP contribution in [-0.4, -0.2) is 35.0 Å². The Hall–Kier alpha value is -1.59. The van der Waals surface area contributed by atoms with Crippen molar-refractivity contribution in [2.24, 2.45) is 0 Å². The maximum atomic E-state index is 11.6. The van der Waals surface area contributed by atoms with E-state index in [1.54, 1.807) is 6.92 Å². The van der Waals surface area contributed by atoms with Crippen LogP contribution >= 0.6 is 0 Å². The molecule has 0 aliphatic carbocycles. The fourth-order valence-electron chi connectivity index (χ4n) is 1.62. The van der Waals surface area contributed by atoms with Crippen LogP contribution in [0.25, 0.3) is 0 Å². The fraction of sp³-hybridized carbons (Fsp3) is 0.700. The molecule has 1 aliphatic heterocycles. The number of carbonyl (C=O) groups is 3. The van der Waals surface area contributed by atoms with Crippen LogP contribution in [0.15, 0.2) is 0 Å². The molecule has 0 radical (unpaired) electrons. The van der Waals surface area contributed by atoms with Gasteiger partial charge in [0.1, 0.15) is 6.04 Å². The highest BCUT2D eigenvalue weighted by Crippen LogP contribution is 2.07. The van der Waals surface area contributed by atoms with Gasteiger partial charge >= 0.3 is 5.97 Å². The minimum absolute atomic E-state index is 0.0943. The van der Waals surface area contributed by atoms with E-state index in [0.717, 1.165) is 0 Å². The van der Waals surface area contributed by atoms with Crippen LogP contribution in [0.5, 0.6) is 0 Å². The number of amides is 2. The molecule has 1 unspecified atom stereocenters. The first-order valence-corrected chi connectivity index (χ1v) is 5.34. The quantitative estimate of drug-likeness (QED) is 0.598. The zero-order valence-corrected chi connectivity index (χ0v) is 9.16. The number of aliphatic carboxylic acids is 1. The molecule has 6 heteroatoms. The summed E-state index contributed by atoms with van der Waals surface area (Å²) >= 11 is 0. The summed E-state index contributed by atoms with van der Waals surface area (Å²) in [5.41, 5.74) is 0. The van der Waals surface area contributed by atoms with Gasteiger partial charge in [-0.05, 0) is 12.8 Å². The summed E-state index contributed by atoms with van der Waals surface area (Å²) in [6.45, 7) is 1.81. The highest BCUT2D eigenvalue weighted by Gasteiger charge is 2.28. The highest BCUT2D eigenvalue weighted by atomic mass is 16.4. The summed E-state index contributed by atoms with van der Waals surface area (Å²) in [6, 6.07) is -0.877. The van der Waals surface area contributed by atoms with Gasteiger partial charge < -0.3 is 15.7 Å². The van der Waals surface area contributed by atoms with Gasteiger partial charge in [-0.1, -0.05) is 6.92 Å². The van der Waals surface area contributed by atoms with Gasteiger partial charge in [0.25, 0.3) is 0 Å². The van der Waals surface area contributed by atoms with Crippen molar-refractivity contribution < 1.29 is 19.5 Å². The van der Waals surface area contributed by atoms with Crippen molar-refractivity contribution in [1.29, 1.82) is 0 Å². The van der Waals surface area contributed by atoms with Crippen molar-refractivity contribution in [1.82, 2.24) is 10.6 Å². The van der Waals surface area contributed by atoms with Crippen LogP contribution in [0, 0.1) is 0 Å². The lowest BCUT2D eigenvalue weighted by molar-refractivity contribution is -0.138. The molecule has 0 aromatic carbocycles. The second-order valence-corrected chi connectivity index (χ2v) is 3.87. The molecule has 1 rings (SSSR count). The monoisotopic (exact) mass is 228 g/mol. The van der Waals surface area contributed by atoms with E-state index < -0.39 is 12.0 Å². The molecule has 90 valence electrons. The molecule has 16 heavy (non-hydrogen) atoms. The van der Waals surface area contributed by atoms with Crippen molar-refractivity contribution in [3.8, 4) is 0 Å². The largest absolute Gasteiger partial charge is 0.481 e. The first-order chi connectivity index (χ1) is 7.52. The summed E-state index contributed by atoms with van der Waals surface area (Å²) in [7, 11) is 0. The van der Waals surface area contributed by atoms with Gasteiger partial charge in [-0.2, -0.15) is 0 Å². The van der Waals surface area contributed by atoms with Gasteiger partial charge in [0.05, 0.1) is 6.42 Å². The number of nitrogens with one attached hydrogen (secondary N) is 2. The summed E-state index contributed by atoms with van der Waals surface area (Å²) in [4.78, 5) is 33.0. The maximum Gasteiger partial charge on any atom is 0.305 e. The normalized spacial score (nSPS) is 21.3. The zero-order chi connectivity index (χ0) is 12.1. The molecule has 0 aromatic rings. The number of hydrogen-bond donors (Lipinski definition) is 3. The van der Waals surface area contributed by atoms with Crippen LogP contribution < -0.4 is 10.6 Å². The Labute approximate surface area is 93.4 Å². The number of carboxylic acid groups (broad SMARTS) is 1. The molecule has 1 aliphatic rings. The molecule has 2 amide bonds. The molecule has 1 saturated heterocycles. The zero-order valence-electron chi connectivity index (χ0n) is 9.16. The Balaban J connectivity index is 2.42. The van der Waals surface area contributed by atoms with Crippen molar-refractivity contribution in [2.45, 2.75) is 44.7 Å². The van der Waals surface area contributed by atoms with E-state index >= 15 is 0 Å². The molecule has 6 nitrogen and oxygen atoms in total. The molecule has 2 atom stereocenters. The lowest BCUT2D eigenvalue weighted by Gasteiger charge is -2.17. The smallest absolute Gasteiger partial charge is 0.305 e. The molecular weight excluding hydrogens is 212 g/mol. The number of carbonyl (C=O) groups excluding carboxylic acids is 2. The molecule has 0 bridgehead atoms. The lowest BCUT2D eigenvalue weighted by Crippen LogP contribution is -2.46. The molecule has 0 spiro atoms. The van der Waals surface area contributed by atoms with E-state index in [0.29, 0.717) is 19.3 Å². The Kier molecular flexibility index (Phi) is 4.28. The minimum atomic E-state index is -0.942. The van der Waals surface area contributed by atoms with Gasteiger partial charge in [-0.25, -0.2) is 0 Å². The average Bonchev–Trinajstić information content (AvgIpc) is 2.63. The Morgan fingerprint density at radius 2 is 2.31 bits per heavy atom. The van der Waals surface area contributed by atoms with Gasteiger partial charge in [-0.3, -0.25) is 14.4 Å². The Morgan fingerprint density at radius 3 is 2.75 bits per heavy atom. The van der Waals surface area contributed by atoms with Gasteiger partial charge in [0.2, 0.25) is 11.8 Å². The third-order valence-corrected chi connectivity index (χ3v) is 2.57. The van der Waals surface area contributed by atoms with Crippen molar-refractivity contribution in [2.75, 3.05) is 0 Å². The summed E-state index contributed by atoms with van der Waals surface area (Å²) in [5, 5.41) is 13.8. The van der Waals surface area contributed by atoms with Crippen molar-refractivity contribution in [3.05, 3.63) is 0 Å². The Morgan fingerprint density at radius 1 is 1.62 bits per heavy atom. The predicted molar refractivity (Wildman–Crippen MR) is 55.6 cm³/mol. The van der Waals surface area contributed by atoms with Crippen LogP contribution in [-0.2, 0) is 14.4 Å². The summed E-state index contributed by atoms with van der Waals surface area (Å²) in [5.74, 6) is -1.37. The number of rotatable bonds is 5. The van der Waals surface area contributed by atoms with E-state index in [1.807, 2.05) is 0 Å². The van der Waals surface area contributed by atoms with E-state index in [9.17, 15) is 14.4 Å². The van der Waals surface area contributed by atoms with Gasteiger partial charge in [-0.15, -0.1) is 0 Å². The highest BCUT2D eigenvalue weighted by molar-refractivity contribution is 5.91. The average molecular weight is 228 g/mol. The molecule has 1 heterocycles. The van der Waals surface area contributed by atoms with Crippen molar-refractivity contribution in [3.63, 3.8) is 0 Å². The third-order valence-electron chi connectivity index (χ3n) is 2.57. The molecule has 0 saturated carbocycles. The topological polar surface area (TPSA) is 95.5 Å². The lowest BCUT2D eigenvalue weighted by atomic mass is 10.1. The third kappa shape index (κ3) is 3.52.